The van der Waals surface area contributed by atoms with Crippen LogP contribution in [0.2, 0.25) is 0 Å². The van der Waals surface area contributed by atoms with E-state index in [1.54, 1.807) is 20.8 Å². The molecule has 22 nitrogen and oxygen atoms in total. The van der Waals surface area contributed by atoms with Gasteiger partial charge in [0.2, 0.25) is 0 Å². The molecule has 0 bridgehead atoms. The van der Waals surface area contributed by atoms with Crippen molar-refractivity contribution in [2.75, 3.05) is 13.2 Å². The fourth-order valence-corrected chi connectivity index (χ4v) is 16.3. The fourth-order valence-electron chi connectivity index (χ4n) is 16.3. The predicted octanol–water partition coefficient (Wildman–Crippen LogP) is 14.9. The number of ether oxygens (including phenoxy) is 16. The van der Waals surface area contributed by atoms with Gasteiger partial charge in [-0.25, -0.2) is 9.59 Å². The summed E-state index contributed by atoms with van der Waals surface area (Å²) in [7, 11) is 0. The van der Waals surface area contributed by atoms with Crippen molar-refractivity contribution in [3.8, 4) is 0 Å². The number of carbonyl (C=O) groups is 2. The van der Waals surface area contributed by atoms with Crippen molar-refractivity contribution in [1.29, 1.82) is 0 Å². The number of carbonyl (C=O) groups excluding carboxylic acids is 2. The van der Waals surface area contributed by atoms with E-state index >= 15 is 9.59 Å². The molecule has 1 N–H and O–H groups in total. The first kappa shape index (κ1) is 74.7. The molecule has 1 amide bonds. The van der Waals surface area contributed by atoms with Crippen molar-refractivity contribution in [1.82, 2.24) is 5.32 Å². The molecular weight excluding hydrogens is 1320 g/mol. The van der Waals surface area contributed by atoms with Gasteiger partial charge in [-0.05, 0) is 110 Å². The Labute approximate surface area is 605 Å². The average Bonchev–Trinajstić information content (AvgIpc) is 1.57. The van der Waals surface area contributed by atoms with Crippen LogP contribution in [0.25, 0.3) is 10.4 Å². The van der Waals surface area contributed by atoms with Gasteiger partial charge in [0, 0.05) is 30.6 Å². The zero-order valence-corrected chi connectivity index (χ0v) is 60.3. The minimum Gasteiger partial charge on any atom is -0.444 e. The van der Waals surface area contributed by atoms with Crippen LogP contribution in [0, 0.1) is 17.8 Å². The number of azide groups is 1. The van der Waals surface area contributed by atoms with Gasteiger partial charge in [0.15, 0.2) is 30.3 Å². The predicted molar refractivity (Wildman–Crippen MR) is 378 cm³/mol. The maximum absolute atomic E-state index is 15.1. The molecule has 8 aliphatic rings. The van der Waals surface area contributed by atoms with E-state index in [0.29, 0.717) is 38.0 Å². The molecule has 19 atom stereocenters. The Morgan fingerprint density at radius 3 is 1.50 bits per heavy atom. The van der Waals surface area contributed by atoms with Crippen LogP contribution in [0.3, 0.4) is 0 Å². The van der Waals surface area contributed by atoms with E-state index in [2.05, 4.69) is 36.1 Å². The number of alkyl carbamates (subject to hydrolysis) is 1. The normalized spacial score (nSPS) is 32.4. The third-order valence-electron chi connectivity index (χ3n) is 21.4. The van der Waals surface area contributed by atoms with Crippen LogP contribution in [0.15, 0.2) is 157 Å². The van der Waals surface area contributed by atoms with Crippen molar-refractivity contribution in [2.45, 2.75) is 279 Å². The van der Waals surface area contributed by atoms with Gasteiger partial charge in [-0.2, -0.15) is 0 Å². The van der Waals surface area contributed by atoms with E-state index in [9.17, 15) is 5.53 Å². The molecule has 0 radical (unpaired) electrons. The standard InChI is InChI=1S/C81H104N4O18/c1-52(2)59-39-38-53(3)44-60(59)95-78(87)98-69-68(70-72(101-80(99-70)40-24-12-25-41-80)73-71(69)100-81(102-73)42-26-13-27-43-81)97-75-63(84-77(86)103-79(4,5)6)66(90-48-56-32-18-9-19-33-56)65(61(93-75)45-83-85-82)96-76-74(92-50-58-36-22-11-23-37-58)67(91-49-57-34-20-10-21-35-57)64(89-47-55-30-16-8-17-31-55)62(94-76)51-88-46-54-28-14-7-15-29-54/h7-11,14-23,28-37,52-53,59-76H,12-13,24-27,38-51H2,1-6H3,(H,84,86)/t53-,59+,60-,61-,62-,63-,64-,65-,66-,67+,68+,69+,70-,71+,72+,73+,74+,75-,76-/m1/s1. The average molecular weight is 1420 g/mol. The maximum Gasteiger partial charge on any atom is 0.509 e. The minimum atomic E-state index is -1.56. The van der Waals surface area contributed by atoms with E-state index in [4.69, 9.17) is 75.8 Å². The van der Waals surface area contributed by atoms with Gasteiger partial charge >= 0.3 is 12.2 Å². The Hall–Kier alpha value is -6.57. The van der Waals surface area contributed by atoms with E-state index in [0.717, 1.165) is 79.2 Å². The lowest BCUT2D eigenvalue weighted by Gasteiger charge is -2.51. The molecule has 0 aromatic heterocycles. The zero-order chi connectivity index (χ0) is 71.3. The SMILES string of the molecule is CC(C)[C@@H]1CC[C@@H](C)C[C@H]1OC(=O)O[C@H]1[C@H](O[C@H]2O[C@H](CN=[N+]=[N-])[C@@H](O[C@H]3O[C@H](COCc4ccccc4)[C@@H](OCc4ccccc4)[C@H](OCc4ccccc4)[C@@H]3OCc3ccccc3)[C@H](OCc3ccccc3)[C@H]2NC(=O)OC(C)(C)C)[C@H]2OC3(CCCCC3)O[C@@H]2[C@H]2OC3(CCCCC3)O[C@@H]12. The molecule has 103 heavy (non-hydrogen) atoms. The van der Waals surface area contributed by atoms with E-state index in [1.807, 2.05) is 152 Å². The monoisotopic (exact) mass is 1420 g/mol. The van der Waals surface area contributed by atoms with E-state index in [1.165, 1.54) is 0 Å². The van der Waals surface area contributed by atoms with Crippen LogP contribution in [-0.4, -0.2) is 147 Å². The van der Waals surface area contributed by atoms with E-state index in [-0.39, 0.29) is 58.0 Å². The first-order valence-electron chi connectivity index (χ1n) is 37.5. The van der Waals surface area contributed by atoms with Crippen LogP contribution in [0.5, 0.6) is 0 Å². The fraction of sp³-hybridized carbons (Fsp3) is 0.605. The molecule has 4 aliphatic heterocycles. The highest BCUT2D eigenvalue weighted by atomic mass is 16.8. The molecule has 2 spiro atoms. The molecule has 556 valence electrons. The summed E-state index contributed by atoms with van der Waals surface area (Å²) in [6.07, 6.45) is -8.28. The highest BCUT2D eigenvalue weighted by molar-refractivity contribution is 5.68. The first-order chi connectivity index (χ1) is 50.1. The molecule has 4 saturated heterocycles. The number of amides is 1. The van der Waals surface area contributed by atoms with Crippen molar-refractivity contribution < 1.29 is 85.4 Å². The third-order valence-corrected chi connectivity index (χ3v) is 21.4. The topological polar surface area (TPSA) is 243 Å². The van der Waals surface area contributed by atoms with Crippen molar-refractivity contribution >= 4 is 12.2 Å². The molecule has 4 saturated carbocycles. The highest BCUT2D eigenvalue weighted by Crippen LogP contribution is 2.54. The van der Waals surface area contributed by atoms with Crippen molar-refractivity contribution in [3.63, 3.8) is 0 Å². The number of nitrogens with one attached hydrogen (secondary N) is 1. The van der Waals surface area contributed by atoms with Crippen LogP contribution < -0.4 is 5.32 Å². The van der Waals surface area contributed by atoms with Gasteiger partial charge in [0.1, 0.15) is 84.9 Å². The molecule has 8 fully saturated rings. The first-order valence-corrected chi connectivity index (χ1v) is 37.5. The summed E-state index contributed by atoms with van der Waals surface area (Å²) in [6, 6.07) is 47.6. The second kappa shape index (κ2) is 34.8. The maximum atomic E-state index is 15.1. The van der Waals surface area contributed by atoms with Gasteiger partial charge < -0.3 is 81.1 Å². The Balaban J connectivity index is 0.921. The van der Waals surface area contributed by atoms with Gasteiger partial charge in [-0.1, -0.05) is 197 Å². The lowest BCUT2D eigenvalue weighted by atomic mass is 9.75. The summed E-state index contributed by atoms with van der Waals surface area (Å²) in [5, 5.41) is 7.38. The summed E-state index contributed by atoms with van der Waals surface area (Å²) in [5.41, 5.74) is 13.8. The van der Waals surface area contributed by atoms with Crippen molar-refractivity contribution in [3.05, 3.63) is 190 Å². The molecule has 13 rings (SSSR count). The lowest BCUT2D eigenvalue weighted by molar-refractivity contribution is -0.368. The lowest BCUT2D eigenvalue weighted by Crippen LogP contribution is -2.70. The van der Waals surface area contributed by atoms with Crippen LogP contribution in [0.1, 0.15) is 153 Å². The smallest absolute Gasteiger partial charge is 0.444 e. The molecule has 4 aliphatic carbocycles. The second-order valence-corrected chi connectivity index (χ2v) is 30.5. The van der Waals surface area contributed by atoms with Gasteiger partial charge in [0.05, 0.1) is 52.3 Å². The Morgan fingerprint density at radius 1 is 0.534 bits per heavy atom. The second-order valence-electron chi connectivity index (χ2n) is 30.5. The number of rotatable bonds is 26. The van der Waals surface area contributed by atoms with Gasteiger partial charge in [-0.15, -0.1) is 0 Å². The molecule has 5 aromatic rings. The molecule has 5 aromatic carbocycles. The quantitative estimate of drug-likeness (QED) is 0.0234. The summed E-state index contributed by atoms with van der Waals surface area (Å²) in [5.74, 6) is -1.38. The van der Waals surface area contributed by atoms with Crippen LogP contribution >= 0.6 is 0 Å². The molecule has 4 heterocycles. The molecule has 22 heteroatoms. The highest BCUT2D eigenvalue weighted by Gasteiger charge is 2.69. The van der Waals surface area contributed by atoms with Gasteiger partial charge in [0.25, 0.3) is 0 Å². The Bertz CT molecular complexity index is 3490. The minimum absolute atomic E-state index is 0.00399. The Kier molecular flexibility index (Phi) is 25.2. The number of nitrogens with zero attached hydrogens (tertiary/aromatic N) is 3. The summed E-state index contributed by atoms with van der Waals surface area (Å²) in [4.78, 5) is 33.4. The summed E-state index contributed by atoms with van der Waals surface area (Å²) < 4.78 is 114. The zero-order valence-electron chi connectivity index (χ0n) is 60.3. The number of benzene rings is 5. The van der Waals surface area contributed by atoms with E-state index < -0.39 is 134 Å². The van der Waals surface area contributed by atoms with Gasteiger partial charge in [-0.3, -0.25) is 0 Å². The Morgan fingerprint density at radius 2 is 0.990 bits per heavy atom. The molecule has 0 unspecified atom stereocenters. The van der Waals surface area contributed by atoms with Crippen molar-refractivity contribution in [2.24, 2.45) is 22.9 Å². The number of hydrogen-bond donors (Lipinski definition) is 1. The summed E-state index contributed by atoms with van der Waals surface area (Å²) >= 11 is 0. The van der Waals surface area contributed by atoms with Crippen LogP contribution in [0.4, 0.5) is 9.59 Å². The summed E-state index contributed by atoms with van der Waals surface area (Å²) in [6.45, 7) is 12.1. The number of fused-ring (bicyclic) bond motifs is 3. The van der Waals surface area contributed by atoms with Crippen LogP contribution in [-0.2, 0) is 109 Å². The number of hydrogen-bond acceptors (Lipinski definition) is 19. The molecular formula is C81H104N4O18. The third kappa shape index (κ3) is 19.0. The largest absolute Gasteiger partial charge is 0.509 e.